The van der Waals surface area contributed by atoms with Gasteiger partial charge in [0, 0.05) is 6.20 Å². The highest BCUT2D eigenvalue weighted by Crippen LogP contribution is 2.13. The summed E-state index contributed by atoms with van der Waals surface area (Å²) < 4.78 is 0.804. The molecule has 0 aliphatic carbocycles. The quantitative estimate of drug-likeness (QED) is 0.832. The molecule has 0 radical (unpaired) electrons. The van der Waals surface area contributed by atoms with E-state index in [1.165, 1.54) is 0 Å². The molecule has 3 nitrogen and oxygen atoms in total. The van der Waals surface area contributed by atoms with Gasteiger partial charge < -0.3 is 5.32 Å². The van der Waals surface area contributed by atoms with Crippen molar-refractivity contribution in [3.05, 3.63) is 47.2 Å². The molecule has 2 heterocycles. The summed E-state index contributed by atoms with van der Waals surface area (Å²) in [6.07, 6.45) is 1.74. The van der Waals surface area contributed by atoms with Crippen LogP contribution in [0.1, 0.15) is 0 Å². The van der Waals surface area contributed by atoms with Crippen molar-refractivity contribution in [3.8, 4) is 0 Å². The van der Waals surface area contributed by atoms with E-state index >= 15 is 0 Å². The molecule has 14 heavy (non-hydrogen) atoms. The number of nitrogens with one attached hydrogen (secondary N) is 1. The second-order valence-electron chi connectivity index (χ2n) is 2.69. The molecular weight excluding hydrogens is 242 g/mol. The van der Waals surface area contributed by atoms with Gasteiger partial charge in [-0.05, 0) is 40.2 Å². The molecule has 2 aromatic heterocycles. The van der Waals surface area contributed by atoms with Crippen molar-refractivity contribution >= 4 is 27.6 Å². The fourth-order valence-electron chi connectivity index (χ4n) is 1.05. The summed E-state index contributed by atoms with van der Waals surface area (Å²) in [4.78, 5) is 8.37. The van der Waals surface area contributed by atoms with Gasteiger partial charge in [-0.15, -0.1) is 0 Å². The third-order valence-corrected chi connectivity index (χ3v) is 2.08. The van der Waals surface area contributed by atoms with Crippen LogP contribution in [-0.4, -0.2) is 9.97 Å². The SMILES string of the molecule is Brc1cccc(Nc2ccccn2)n1. The predicted octanol–water partition coefficient (Wildman–Crippen LogP) is 2.98. The van der Waals surface area contributed by atoms with Crippen LogP contribution in [0, 0.1) is 0 Å². The summed E-state index contributed by atoms with van der Waals surface area (Å²) in [6, 6.07) is 11.4. The Kier molecular flexibility index (Phi) is 2.74. The first kappa shape index (κ1) is 9.15. The van der Waals surface area contributed by atoms with E-state index in [2.05, 4.69) is 31.2 Å². The number of hydrogen-bond acceptors (Lipinski definition) is 3. The molecule has 0 fully saturated rings. The molecule has 0 spiro atoms. The first-order valence-electron chi connectivity index (χ1n) is 4.15. The first-order chi connectivity index (χ1) is 6.84. The van der Waals surface area contributed by atoms with E-state index in [1.807, 2.05) is 36.4 Å². The Labute approximate surface area is 90.3 Å². The maximum atomic E-state index is 4.23. The zero-order valence-electron chi connectivity index (χ0n) is 7.31. The van der Waals surface area contributed by atoms with Crippen LogP contribution in [0.3, 0.4) is 0 Å². The Morgan fingerprint density at radius 3 is 2.57 bits per heavy atom. The Hall–Kier alpha value is -1.42. The lowest BCUT2D eigenvalue weighted by atomic mass is 10.4. The smallest absolute Gasteiger partial charge is 0.132 e. The maximum absolute atomic E-state index is 4.23. The summed E-state index contributed by atoms with van der Waals surface area (Å²) in [6.45, 7) is 0. The molecule has 0 aliphatic heterocycles. The van der Waals surface area contributed by atoms with Crippen LogP contribution in [0.25, 0.3) is 0 Å². The summed E-state index contributed by atoms with van der Waals surface area (Å²) in [7, 11) is 0. The molecule has 0 saturated carbocycles. The van der Waals surface area contributed by atoms with Gasteiger partial charge in [-0.2, -0.15) is 0 Å². The zero-order chi connectivity index (χ0) is 9.80. The number of anilines is 2. The lowest BCUT2D eigenvalue weighted by molar-refractivity contribution is 1.23. The molecule has 2 rings (SSSR count). The van der Waals surface area contributed by atoms with Crippen molar-refractivity contribution in [1.82, 2.24) is 9.97 Å². The number of hydrogen-bond donors (Lipinski definition) is 1. The van der Waals surface area contributed by atoms with Crippen LogP contribution < -0.4 is 5.32 Å². The van der Waals surface area contributed by atoms with Gasteiger partial charge in [0.2, 0.25) is 0 Å². The fourth-order valence-corrected chi connectivity index (χ4v) is 1.39. The Morgan fingerprint density at radius 2 is 1.86 bits per heavy atom. The first-order valence-corrected chi connectivity index (χ1v) is 4.94. The molecule has 2 aromatic rings. The molecule has 0 aromatic carbocycles. The van der Waals surface area contributed by atoms with Crippen LogP contribution in [0.2, 0.25) is 0 Å². The normalized spacial score (nSPS) is 9.79. The summed E-state index contributed by atoms with van der Waals surface area (Å²) >= 11 is 3.30. The monoisotopic (exact) mass is 249 g/mol. The van der Waals surface area contributed by atoms with Gasteiger partial charge >= 0.3 is 0 Å². The number of aromatic nitrogens is 2. The van der Waals surface area contributed by atoms with E-state index in [4.69, 9.17) is 0 Å². The van der Waals surface area contributed by atoms with E-state index in [0.717, 1.165) is 16.2 Å². The molecule has 0 saturated heterocycles. The van der Waals surface area contributed by atoms with Gasteiger partial charge in [-0.1, -0.05) is 12.1 Å². The molecule has 0 bridgehead atoms. The lowest BCUT2D eigenvalue weighted by Crippen LogP contribution is -1.94. The highest BCUT2D eigenvalue weighted by Gasteiger charge is 1.95. The Bertz CT molecular complexity index is 417. The van der Waals surface area contributed by atoms with Gasteiger partial charge in [0.05, 0.1) is 0 Å². The van der Waals surface area contributed by atoms with Crippen molar-refractivity contribution < 1.29 is 0 Å². The number of rotatable bonds is 2. The van der Waals surface area contributed by atoms with E-state index in [9.17, 15) is 0 Å². The average Bonchev–Trinajstić information content (AvgIpc) is 2.19. The Morgan fingerprint density at radius 1 is 1.00 bits per heavy atom. The summed E-state index contributed by atoms with van der Waals surface area (Å²) in [5.74, 6) is 1.57. The van der Waals surface area contributed by atoms with Crippen LogP contribution >= 0.6 is 15.9 Å². The topological polar surface area (TPSA) is 37.8 Å². The molecule has 0 atom stereocenters. The standard InChI is InChI=1S/C10H8BrN3/c11-8-4-3-6-10(13-8)14-9-5-1-2-7-12-9/h1-7H,(H,12,13,14). The van der Waals surface area contributed by atoms with Crippen molar-refractivity contribution in [2.75, 3.05) is 5.32 Å². The van der Waals surface area contributed by atoms with Crippen molar-refractivity contribution in [2.45, 2.75) is 0 Å². The molecule has 1 N–H and O–H groups in total. The third kappa shape index (κ3) is 2.29. The van der Waals surface area contributed by atoms with Crippen molar-refractivity contribution in [3.63, 3.8) is 0 Å². The highest BCUT2D eigenvalue weighted by atomic mass is 79.9. The lowest BCUT2D eigenvalue weighted by Gasteiger charge is -2.03. The minimum absolute atomic E-state index is 0.776. The molecule has 70 valence electrons. The van der Waals surface area contributed by atoms with Gasteiger partial charge in [0.15, 0.2) is 0 Å². The summed E-state index contributed by atoms with van der Waals surface area (Å²) in [5.41, 5.74) is 0. The van der Waals surface area contributed by atoms with Gasteiger partial charge in [0.1, 0.15) is 16.2 Å². The summed E-state index contributed by atoms with van der Waals surface area (Å²) in [5, 5.41) is 3.09. The van der Waals surface area contributed by atoms with Crippen LogP contribution in [0.4, 0.5) is 11.6 Å². The highest BCUT2D eigenvalue weighted by molar-refractivity contribution is 9.10. The zero-order valence-corrected chi connectivity index (χ0v) is 8.90. The van der Waals surface area contributed by atoms with Crippen LogP contribution in [0.5, 0.6) is 0 Å². The van der Waals surface area contributed by atoms with E-state index in [0.29, 0.717) is 0 Å². The van der Waals surface area contributed by atoms with Gasteiger partial charge in [0.25, 0.3) is 0 Å². The third-order valence-electron chi connectivity index (χ3n) is 1.64. The number of pyridine rings is 2. The number of nitrogens with zero attached hydrogens (tertiary/aromatic N) is 2. The molecular formula is C10H8BrN3. The van der Waals surface area contributed by atoms with Crippen molar-refractivity contribution in [2.24, 2.45) is 0 Å². The van der Waals surface area contributed by atoms with E-state index < -0.39 is 0 Å². The minimum atomic E-state index is 0.776. The van der Waals surface area contributed by atoms with E-state index in [-0.39, 0.29) is 0 Å². The van der Waals surface area contributed by atoms with Gasteiger partial charge in [-0.3, -0.25) is 0 Å². The van der Waals surface area contributed by atoms with E-state index in [1.54, 1.807) is 6.20 Å². The number of halogens is 1. The van der Waals surface area contributed by atoms with Crippen LogP contribution in [-0.2, 0) is 0 Å². The molecule has 0 aliphatic rings. The van der Waals surface area contributed by atoms with Crippen LogP contribution in [0.15, 0.2) is 47.2 Å². The van der Waals surface area contributed by atoms with Gasteiger partial charge in [-0.25, -0.2) is 9.97 Å². The second kappa shape index (κ2) is 4.19. The maximum Gasteiger partial charge on any atom is 0.132 e. The largest absolute Gasteiger partial charge is 0.325 e. The Balaban J connectivity index is 2.19. The second-order valence-corrected chi connectivity index (χ2v) is 3.50. The average molecular weight is 250 g/mol. The molecule has 4 heteroatoms. The molecule has 0 amide bonds. The molecule has 0 unspecified atom stereocenters. The fraction of sp³-hybridized carbons (Fsp3) is 0. The van der Waals surface area contributed by atoms with Crippen molar-refractivity contribution in [1.29, 1.82) is 0 Å². The predicted molar refractivity (Wildman–Crippen MR) is 59.5 cm³/mol. The minimum Gasteiger partial charge on any atom is -0.325 e.